The molecule has 2 fully saturated rings. The Labute approximate surface area is 115 Å². The number of rotatable bonds is 4. The topological polar surface area (TPSA) is 61.4 Å². The lowest BCUT2D eigenvalue weighted by Gasteiger charge is -2.32. The minimum atomic E-state index is -0.311. The van der Waals surface area contributed by atoms with Gasteiger partial charge in [0.05, 0.1) is 5.41 Å². The predicted octanol–water partition coefficient (Wildman–Crippen LogP) is 0.505. The summed E-state index contributed by atoms with van der Waals surface area (Å²) in [7, 11) is 0. The highest BCUT2D eigenvalue weighted by molar-refractivity contribution is 5.83. The fraction of sp³-hybridized carbons (Fsp3) is 0.857. The van der Waals surface area contributed by atoms with Crippen molar-refractivity contribution in [3.63, 3.8) is 0 Å². The number of hydrogen-bond donors (Lipinski definition) is 2. The van der Waals surface area contributed by atoms with Gasteiger partial charge in [-0.15, -0.1) is 0 Å². The molecule has 0 aromatic heterocycles. The van der Waals surface area contributed by atoms with Crippen LogP contribution >= 0.6 is 0 Å². The second-order valence-corrected chi connectivity index (χ2v) is 5.93. The van der Waals surface area contributed by atoms with Crippen molar-refractivity contribution >= 4 is 11.8 Å². The normalized spacial score (nSPS) is 27.3. The van der Waals surface area contributed by atoms with Crippen LogP contribution in [-0.2, 0) is 9.59 Å². The lowest BCUT2D eigenvalue weighted by molar-refractivity contribution is -0.132. The Morgan fingerprint density at radius 1 is 1.26 bits per heavy atom. The second kappa shape index (κ2) is 6.37. The zero-order valence-corrected chi connectivity index (χ0v) is 11.8. The van der Waals surface area contributed by atoms with Crippen molar-refractivity contribution in [2.45, 2.75) is 39.0 Å². The SMILES string of the molecule is CC1(C(=O)NCCC(=O)N2CCCC2)CCCNC1. The summed E-state index contributed by atoms with van der Waals surface area (Å²) in [6, 6.07) is 0. The summed E-state index contributed by atoms with van der Waals surface area (Å²) in [6.45, 7) is 5.96. The Morgan fingerprint density at radius 2 is 2.00 bits per heavy atom. The largest absolute Gasteiger partial charge is 0.355 e. The number of amides is 2. The summed E-state index contributed by atoms with van der Waals surface area (Å²) in [5.74, 6) is 0.249. The maximum atomic E-state index is 12.1. The number of carbonyl (C=O) groups excluding carboxylic acids is 2. The van der Waals surface area contributed by atoms with Crippen molar-refractivity contribution in [3.8, 4) is 0 Å². The molecule has 2 saturated heterocycles. The van der Waals surface area contributed by atoms with Gasteiger partial charge in [0.15, 0.2) is 0 Å². The fourth-order valence-electron chi connectivity index (χ4n) is 2.87. The van der Waals surface area contributed by atoms with Crippen LogP contribution in [0, 0.1) is 5.41 Å². The van der Waals surface area contributed by atoms with Crippen molar-refractivity contribution < 1.29 is 9.59 Å². The zero-order valence-electron chi connectivity index (χ0n) is 11.8. The van der Waals surface area contributed by atoms with E-state index in [4.69, 9.17) is 0 Å². The molecule has 0 saturated carbocycles. The van der Waals surface area contributed by atoms with E-state index in [-0.39, 0.29) is 17.2 Å². The molecular formula is C14H25N3O2. The zero-order chi connectivity index (χ0) is 13.7. The van der Waals surface area contributed by atoms with E-state index >= 15 is 0 Å². The molecule has 2 N–H and O–H groups in total. The van der Waals surface area contributed by atoms with E-state index in [2.05, 4.69) is 10.6 Å². The highest BCUT2D eigenvalue weighted by Gasteiger charge is 2.34. The van der Waals surface area contributed by atoms with E-state index in [1.54, 1.807) is 0 Å². The molecule has 0 spiro atoms. The standard InChI is InChI=1S/C14H25N3O2/c1-14(6-4-7-15-11-14)13(19)16-8-5-12(18)17-9-2-3-10-17/h15H,2-11H2,1H3,(H,16,19). The summed E-state index contributed by atoms with van der Waals surface area (Å²) in [5, 5.41) is 6.19. The van der Waals surface area contributed by atoms with E-state index in [1.807, 2.05) is 11.8 Å². The number of hydrogen-bond acceptors (Lipinski definition) is 3. The van der Waals surface area contributed by atoms with E-state index in [9.17, 15) is 9.59 Å². The fourth-order valence-corrected chi connectivity index (χ4v) is 2.87. The van der Waals surface area contributed by atoms with Gasteiger partial charge in [0.1, 0.15) is 0 Å². The Morgan fingerprint density at radius 3 is 2.63 bits per heavy atom. The Bertz CT molecular complexity index is 332. The molecule has 1 atom stereocenters. The highest BCUT2D eigenvalue weighted by atomic mass is 16.2. The van der Waals surface area contributed by atoms with Gasteiger partial charge in [0, 0.05) is 32.6 Å². The third-order valence-electron chi connectivity index (χ3n) is 4.23. The highest BCUT2D eigenvalue weighted by Crippen LogP contribution is 2.25. The van der Waals surface area contributed by atoms with Gasteiger partial charge >= 0.3 is 0 Å². The summed E-state index contributed by atoms with van der Waals surface area (Å²) >= 11 is 0. The van der Waals surface area contributed by atoms with Gasteiger partial charge in [0.2, 0.25) is 11.8 Å². The minimum Gasteiger partial charge on any atom is -0.355 e. The van der Waals surface area contributed by atoms with Crippen molar-refractivity contribution in [2.75, 3.05) is 32.7 Å². The summed E-state index contributed by atoms with van der Waals surface area (Å²) in [4.78, 5) is 25.9. The van der Waals surface area contributed by atoms with Crippen molar-refractivity contribution in [1.82, 2.24) is 15.5 Å². The molecule has 2 rings (SSSR count). The molecule has 2 amide bonds. The van der Waals surface area contributed by atoms with Gasteiger partial charge in [-0.3, -0.25) is 9.59 Å². The number of carbonyl (C=O) groups is 2. The van der Waals surface area contributed by atoms with Gasteiger partial charge < -0.3 is 15.5 Å². The molecule has 0 radical (unpaired) electrons. The molecule has 108 valence electrons. The monoisotopic (exact) mass is 267 g/mol. The van der Waals surface area contributed by atoms with E-state index in [1.165, 1.54) is 0 Å². The average molecular weight is 267 g/mol. The van der Waals surface area contributed by atoms with Crippen LogP contribution in [0.5, 0.6) is 0 Å². The van der Waals surface area contributed by atoms with Crippen LogP contribution in [0.15, 0.2) is 0 Å². The van der Waals surface area contributed by atoms with Crippen LogP contribution in [-0.4, -0.2) is 49.4 Å². The van der Waals surface area contributed by atoms with Crippen molar-refractivity contribution in [3.05, 3.63) is 0 Å². The lowest BCUT2D eigenvalue weighted by atomic mass is 9.82. The molecule has 5 nitrogen and oxygen atoms in total. The van der Waals surface area contributed by atoms with E-state index in [0.717, 1.165) is 51.9 Å². The first kappa shape index (κ1) is 14.3. The van der Waals surface area contributed by atoms with E-state index < -0.39 is 0 Å². The molecule has 2 aliphatic rings. The maximum absolute atomic E-state index is 12.1. The van der Waals surface area contributed by atoms with Crippen LogP contribution in [0.2, 0.25) is 0 Å². The van der Waals surface area contributed by atoms with Crippen LogP contribution in [0.4, 0.5) is 0 Å². The van der Waals surface area contributed by atoms with Gasteiger partial charge in [-0.2, -0.15) is 0 Å². The Balaban J connectivity index is 1.69. The number of nitrogens with zero attached hydrogens (tertiary/aromatic N) is 1. The van der Waals surface area contributed by atoms with Gasteiger partial charge in [0.25, 0.3) is 0 Å². The van der Waals surface area contributed by atoms with Gasteiger partial charge in [-0.05, 0) is 39.2 Å². The first-order chi connectivity index (χ1) is 9.12. The van der Waals surface area contributed by atoms with Crippen LogP contribution in [0.25, 0.3) is 0 Å². The van der Waals surface area contributed by atoms with Gasteiger partial charge in [-0.1, -0.05) is 0 Å². The average Bonchev–Trinajstić information content (AvgIpc) is 2.93. The third kappa shape index (κ3) is 3.69. The molecule has 1 unspecified atom stereocenters. The van der Waals surface area contributed by atoms with E-state index in [0.29, 0.717) is 13.0 Å². The van der Waals surface area contributed by atoms with Crippen LogP contribution in [0.3, 0.4) is 0 Å². The van der Waals surface area contributed by atoms with Crippen molar-refractivity contribution in [1.29, 1.82) is 0 Å². The Kier molecular flexibility index (Phi) is 4.80. The summed E-state index contributed by atoms with van der Waals surface area (Å²) in [6.07, 6.45) is 4.61. The molecule has 0 aliphatic carbocycles. The summed E-state index contributed by atoms with van der Waals surface area (Å²) < 4.78 is 0. The second-order valence-electron chi connectivity index (χ2n) is 5.93. The molecule has 5 heteroatoms. The maximum Gasteiger partial charge on any atom is 0.227 e. The molecule has 0 aromatic rings. The Hall–Kier alpha value is -1.10. The molecule has 0 bridgehead atoms. The van der Waals surface area contributed by atoms with Gasteiger partial charge in [-0.25, -0.2) is 0 Å². The first-order valence-electron chi connectivity index (χ1n) is 7.39. The molecule has 19 heavy (non-hydrogen) atoms. The quantitative estimate of drug-likeness (QED) is 0.780. The minimum absolute atomic E-state index is 0.0777. The third-order valence-corrected chi connectivity index (χ3v) is 4.23. The molecular weight excluding hydrogens is 242 g/mol. The lowest BCUT2D eigenvalue weighted by Crippen LogP contribution is -2.49. The number of likely N-dealkylation sites (tertiary alicyclic amines) is 1. The number of nitrogens with one attached hydrogen (secondary N) is 2. The van der Waals surface area contributed by atoms with Crippen molar-refractivity contribution in [2.24, 2.45) is 5.41 Å². The molecule has 2 heterocycles. The predicted molar refractivity (Wildman–Crippen MR) is 73.7 cm³/mol. The smallest absolute Gasteiger partial charge is 0.227 e. The van der Waals surface area contributed by atoms with Crippen LogP contribution < -0.4 is 10.6 Å². The molecule has 0 aromatic carbocycles. The van der Waals surface area contributed by atoms with Crippen LogP contribution in [0.1, 0.15) is 39.0 Å². The number of piperidine rings is 1. The summed E-state index contributed by atoms with van der Waals surface area (Å²) in [5.41, 5.74) is -0.311. The first-order valence-corrected chi connectivity index (χ1v) is 7.39. The molecule has 2 aliphatic heterocycles.